The third-order valence-electron chi connectivity index (χ3n) is 3.34. The zero-order valence-electron chi connectivity index (χ0n) is 14.4. The summed E-state index contributed by atoms with van der Waals surface area (Å²) in [6, 6.07) is 15.6. The first-order chi connectivity index (χ1) is 12.1. The number of thioether (sulfide) groups is 1. The zero-order valence-corrected chi connectivity index (χ0v) is 15.3. The lowest BCUT2D eigenvalue weighted by Crippen LogP contribution is -2.26. The second-order valence-corrected chi connectivity index (χ2v) is 6.89. The fraction of sp³-hybridized carbons (Fsp3) is 0.200. The Morgan fingerprint density at radius 2 is 1.92 bits per heavy atom. The molecule has 1 atom stereocenters. The number of carbonyl (C=O) groups is 1. The van der Waals surface area contributed by atoms with Crippen LogP contribution in [0.4, 0.5) is 0 Å². The third kappa shape index (κ3) is 6.47. The molecule has 2 aromatic carbocycles. The lowest BCUT2D eigenvalue weighted by atomic mass is 10.2. The van der Waals surface area contributed by atoms with Gasteiger partial charge in [0.2, 0.25) is 0 Å². The number of benzene rings is 2. The number of hydrogen-bond donors (Lipinski definition) is 1. The summed E-state index contributed by atoms with van der Waals surface area (Å²) in [6.07, 6.45) is 3.30. The summed E-state index contributed by atoms with van der Waals surface area (Å²) < 4.78 is 5.41. The van der Waals surface area contributed by atoms with Crippen LogP contribution in [0.1, 0.15) is 18.1 Å². The summed E-state index contributed by atoms with van der Waals surface area (Å²) in [6.45, 7) is 7.98. The standard InChI is InChI=1S/C20H22N2O2S/c1-4-13-24-18-9-7-17(8-10-18)14-21-22-20(23)16(3)25-19-11-5-15(2)6-12-19/h4-12,14,16H,1,13H2,2-3H3,(H,22,23)/b21-14-/t16-/m0/s1. The van der Waals surface area contributed by atoms with Crippen molar-refractivity contribution in [1.29, 1.82) is 0 Å². The highest BCUT2D eigenvalue weighted by Crippen LogP contribution is 2.23. The quantitative estimate of drug-likeness (QED) is 0.335. The molecule has 0 spiro atoms. The van der Waals surface area contributed by atoms with Gasteiger partial charge in [-0.05, 0) is 55.8 Å². The van der Waals surface area contributed by atoms with Crippen molar-refractivity contribution >= 4 is 23.9 Å². The second-order valence-electron chi connectivity index (χ2n) is 5.48. The summed E-state index contributed by atoms with van der Waals surface area (Å²) >= 11 is 1.51. The molecule has 0 saturated heterocycles. The normalized spacial score (nSPS) is 11.9. The summed E-state index contributed by atoms with van der Waals surface area (Å²) in [7, 11) is 0. The third-order valence-corrected chi connectivity index (χ3v) is 4.45. The van der Waals surface area contributed by atoms with Crippen molar-refractivity contribution in [3.8, 4) is 5.75 Å². The van der Waals surface area contributed by atoms with E-state index in [-0.39, 0.29) is 11.2 Å². The summed E-state index contributed by atoms with van der Waals surface area (Å²) in [5.41, 5.74) is 4.66. The van der Waals surface area contributed by atoms with E-state index in [1.165, 1.54) is 17.3 Å². The van der Waals surface area contributed by atoms with Gasteiger partial charge in [0.05, 0.1) is 11.5 Å². The number of hydrogen-bond acceptors (Lipinski definition) is 4. The average Bonchev–Trinajstić information content (AvgIpc) is 2.62. The first kappa shape index (κ1) is 18.8. The van der Waals surface area contributed by atoms with Crippen molar-refractivity contribution < 1.29 is 9.53 Å². The Bertz CT molecular complexity index is 724. The molecule has 5 heteroatoms. The van der Waals surface area contributed by atoms with Crippen LogP contribution in [0.3, 0.4) is 0 Å². The minimum absolute atomic E-state index is 0.132. The molecule has 0 aliphatic heterocycles. The van der Waals surface area contributed by atoms with E-state index >= 15 is 0 Å². The van der Waals surface area contributed by atoms with Crippen LogP contribution in [0, 0.1) is 6.92 Å². The van der Waals surface area contributed by atoms with Crippen LogP contribution < -0.4 is 10.2 Å². The van der Waals surface area contributed by atoms with Crippen LogP contribution >= 0.6 is 11.8 Å². The number of hydrazone groups is 1. The van der Waals surface area contributed by atoms with Gasteiger partial charge in [-0.2, -0.15) is 5.10 Å². The highest BCUT2D eigenvalue weighted by Gasteiger charge is 2.13. The van der Waals surface area contributed by atoms with E-state index in [4.69, 9.17) is 4.74 Å². The van der Waals surface area contributed by atoms with Gasteiger partial charge in [0, 0.05) is 4.90 Å². The molecule has 0 unspecified atom stereocenters. The molecule has 0 heterocycles. The smallest absolute Gasteiger partial charge is 0.253 e. The van der Waals surface area contributed by atoms with E-state index in [2.05, 4.69) is 17.1 Å². The summed E-state index contributed by atoms with van der Waals surface area (Å²) in [5, 5.41) is 3.79. The molecule has 4 nitrogen and oxygen atoms in total. The van der Waals surface area contributed by atoms with Crippen LogP contribution in [0.15, 0.2) is 71.2 Å². The molecular weight excluding hydrogens is 332 g/mol. The molecule has 2 rings (SSSR count). The van der Waals surface area contributed by atoms with Crippen LogP contribution in [-0.2, 0) is 4.79 Å². The van der Waals surface area contributed by atoms with Gasteiger partial charge in [-0.3, -0.25) is 4.79 Å². The van der Waals surface area contributed by atoms with Crippen LogP contribution in [0.2, 0.25) is 0 Å². The minimum Gasteiger partial charge on any atom is -0.490 e. The molecule has 0 aromatic heterocycles. The number of ether oxygens (including phenoxy) is 1. The van der Waals surface area contributed by atoms with Crippen molar-refractivity contribution in [3.05, 3.63) is 72.3 Å². The predicted molar refractivity (Wildman–Crippen MR) is 104 cm³/mol. The number of amides is 1. The maximum Gasteiger partial charge on any atom is 0.253 e. The van der Waals surface area contributed by atoms with Crippen molar-refractivity contribution in [2.75, 3.05) is 6.61 Å². The molecule has 0 aliphatic rings. The van der Waals surface area contributed by atoms with Crippen molar-refractivity contribution in [3.63, 3.8) is 0 Å². The van der Waals surface area contributed by atoms with Gasteiger partial charge in [-0.1, -0.05) is 30.4 Å². The summed E-state index contributed by atoms with van der Waals surface area (Å²) in [5.74, 6) is 0.636. The minimum atomic E-state index is -0.227. The van der Waals surface area contributed by atoms with E-state index in [0.29, 0.717) is 6.61 Å². The van der Waals surface area contributed by atoms with Gasteiger partial charge in [0.15, 0.2) is 0 Å². The molecular formula is C20H22N2O2S. The molecule has 0 bridgehead atoms. The Morgan fingerprint density at radius 1 is 1.24 bits per heavy atom. The Morgan fingerprint density at radius 3 is 2.56 bits per heavy atom. The maximum absolute atomic E-state index is 12.1. The molecule has 2 aromatic rings. The molecule has 0 fully saturated rings. The van der Waals surface area contributed by atoms with E-state index in [9.17, 15) is 4.79 Å². The number of nitrogens with one attached hydrogen (secondary N) is 1. The average molecular weight is 354 g/mol. The lowest BCUT2D eigenvalue weighted by Gasteiger charge is -2.09. The van der Waals surface area contributed by atoms with Gasteiger partial charge in [-0.25, -0.2) is 5.43 Å². The van der Waals surface area contributed by atoms with E-state index in [1.807, 2.05) is 62.4 Å². The molecule has 25 heavy (non-hydrogen) atoms. The topological polar surface area (TPSA) is 50.7 Å². The van der Waals surface area contributed by atoms with Gasteiger partial charge in [0.1, 0.15) is 12.4 Å². The van der Waals surface area contributed by atoms with E-state index < -0.39 is 0 Å². The van der Waals surface area contributed by atoms with Gasteiger partial charge >= 0.3 is 0 Å². The molecule has 0 radical (unpaired) electrons. The van der Waals surface area contributed by atoms with Crippen LogP contribution in [-0.4, -0.2) is 24.0 Å². The Hall–Kier alpha value is -2.53. The zero-order chi connectivity index (χ0) is 18.1. The van der Waals surface area contributed by atoms with Crippen LogP contribution in [0.5, 0.6) is 5.75 Å². The molecule has 130 valence electrons. The number of rotatable bonds is 8. The van der Waals surface area contributed by atoms with Gasteiger partial charge in [0.25, 0.3) is 5.91 Å². The van der Waals surface area contributed by atoms with E-state index in [1.54, 1.807) is 12.3 Å². The summed E-state index contributed by atoms with van der Waals surface area (Å²) in [4.78, 5) is 13.2. The molecule has 0 aliphatic carbocycles. The molecule has 1 N–H and O–H groups in total. The largest absolute Gasteiger partial charge is 0.490 e. The van der Waals surface area contributed by atoms with Crippen molar-refractivity contribution in [2.45, 2.75) is 24.0 Å². The predicted octanol–water partition coefficient (Wildman–Crippen LogP) is 4.19. The lowest BCUT2D eigenvalue weighted by molar-refractivity contribution is -0.120. The highest BCUT2D eigenvalue weighted by atomic mass is 32.2. The first-order valence-corrected chi connectivity index (χ1v) is 8.86. The Labute approximate surface area is 153 Å². The van der Waals surface area contributed by atoms with Crippen molar-refractivity contribution in [1.82, 2.24) is 5.43 Å². The van der Waals surface area contributed by atoms with Crippen LogP contribution in [0.25, 0.3) is 0 Å². The fourth-order valence-electron chi connectivity index (χ4n) is 1.94. The number of nitrogens with zero attached hydrogens (tertiary/aromatic N) is 1. The molecule has 1 amide bonds. The maximum atomic E-state index is 12.1. The Balaban J connectivity index is 1.82. The SMILES string of the molecule is C=CCOc1ccc(/C=N\NC(=O)[C@H](C)Sc2ccc(C)cc2)cc1. The monoisotopic (exact) mass is 354 g/mol. The molecule has 0 saturated carbocycles. The fourth-order valence-corrected chi connectivity index (χ4v) is 2.80. The highest BCUT2D eigenvalue weighted by molar-refractivity contribution is 8.00. The number of carbonyl (C=O) groups excluding carboxylic acids is 1. The number of aryl methyl sites for hydroxylation is 1. The Kier molecular flexibility index (Phi) is 7.29. The second kappa shape index (κ2) is 9.69. The van der Waals surface area contributed by atoms with Crippen molar-refractivity contribution in [2.24, 2.45) is 5.10 Å². The first-order valence-electron chi connectivity index (χ1n) is 7.98. The van der Waals surface area contributed by atoms with E-state index in [0.717, 1.165) is 16.2 Å². The van der Waals surface area contributed by atoms with Gasteiger partial charge < -0.3 is 4.74 Å². The van der Waals surface area contributed by atoms with Gasteiger partial charge in [-0.15, -0.1) is 11.8 Å².